The summed E-state index contributed by atoms with van der Waals surface area (Å²) in [5.41, 5.74) is 2.56. The van der Waals surface area contributed by atoms with E-state index in [1.807, 2.05) is 0 Å². The third-order valence-corrected chi connectivity index (χ3v) is 4.14. The van der Waals surface area contributed by atoms with Gasteiger partial charge < -0.3 is 5.32 Å². The van der Waals surface area contributed by atoms with Gasteiger partial charge in [0.15, 0.2) is 0 Å². The number of nitrogens with one attached hydrogen (secondary N) is 1. The lowest BCUT2D eigenvalue weighted by Gasteiger charge is -2.15. The normalized spacial score (nSPS) is 12.8. The van der Waals surface area contributed by atoms with Gasteiger partial charge in [0.05, 0.1) is 11.7 Å². The highest BCUT2D eigenvalue weighted by Gasteiger charge is 2.16. The number of hydrogen-bond acceptors (Lipinski definition) is 3. The molecule has 3 heteroatoms. The average molecular weight is 274 g/mol. The van der Waals surface area contributed by atoms with Crippen molar-refractivity contribution in [1.29, 1.82) is 0 Å². The Hall–Kier alpha value is -1.19. The van der Waals surface area contributed by atoms with Gasteiger partial charge in [-0.15, -0.1) is 11.3 Å². The largest absolute Gasteiger partial charge is 0.308 e. The maximum absolute atomic E-state index is 4.78. The molecule has 1 N–H and O–H groups in total. The van der Waals surface area contributed by atoms with Gasteiger partial charge in [-0.1, -0.05) is 51.1 Å². The van der Waals surface area contributed by atoms with Crippen LogP contribution in [-0.4, -0.2) is 11.5 Å². The summed E-state index contributed by atoms with van der Waals surface area (Å²) in [6, 6.07) is 10.9. The maximum Gasteiger partial charge on any atom is 0.110 e. The van der Waals surface area contributed by atoms with Crippen molar-refractivity contribution in [2.45, 2.75) is 39.2 Å². The molecule has 0 saturated heterocycles. The second-order valence-electron chi connectivity index (χ2n) is 5.07. The van der Waals surface area contributed by atoms with Crippen LogP contribution in [0.4, 0.5) is 0 Å². The van der Waals surface area contributed by atoms with Crippen LogP contribution in [0.3, 0.4) is 0 Å². The molecular formula is C16H22N2S. The molecule has 0 aliphatic heterocycles. The highest BCUT2D eigenvalue weighted by atomic mass is 32.1. The molecule has 102 valence electrons. The fraction of sp³-hybridized carbons (Fsp3) is 0.438. The third kappa shape index (κ3) is 3.88. The number of rotatable bonds is 6. The SMILES string of the molecule is CCNC(Cc1ccccc1)c1nc(C(C)C)cs1. The molecule has 0 aliphatic carbocycles. The number of nitrogens with zero attached hydrogens (tertiary/aromatic N) is 1. The van der Waals surface area contributed by atoms with E-state index in [-0.39, 0.29) is 0 Å². The molecule has 1 aromatic carbocycles. The molecular weight excluding hydrogens is 252 g/mol. The van der Waals surface area contributed by atoms with Gasteiger partial charge in [-0.2, -0.15) is 0 Å². The number of likely N-dealkylation sites (N-methyl/N-ethyl adjacent to an activating group) is 1. The predicted molar refractivity (Wildman–Crippen MR) is 82.8 cm³/mol. The summed E-state index contributed by atoms with van der Waals surface area (Å²) in [4.78, 5) is 4.78. The van der Waals surface area contributed by atoms with Crippen LogP contribution >= 0.6 is 11.3 Å². The Morgan fingerprint density at radius 1 is 1.21 bits per heavy atom. The predicted octanol–water partition coefficient (Wildman–Crippen LogP) is 4.16. The number of hydrogen-bond donors (Lipinski definition) is 1. The van der Waals surface area contributed by atoms with E-state index in [1.54, 1.807) is 11.3 Å². The van der Waals surface area contributed by atoms with Gasteiger partial charge in [-0.3, -0.25) is 0 Å². The Bertz CT molecular complexity index is 490. The summed E-state index contributed by atoms with van der Waals surface area (Å²) < 4.78 is 0. The zero-order valence-corrected chi connectivity index (χ0v) is 12.7. The van der Waals surface area contributed by atoms with Crippen LogP contribution in [0.5, 0.6) is 0 Å². The summed E-state index contributed by atoms with van der Waals surface area (Å²) in [6.07, 6.45) is 1.000. The Labute approximate surface area is 119 Å². The van der Waals surface area contributed by atoms with Crippen LogP contribution in [0.1, 0.15) is 49.0 Å². The lowest BCUT2D eigenvalue weighted by molar-refractivity contribution is 0.545. The summed E-state index contributed by atoms with van der Waals surface area (Å²) in [5, 5.41) is 6.94. The molecule has 0 amide bonds. The first-order chi connectivity index (χ1) is 9.20. The first kappa shape index (κ1) is 14.2. The fourth-order valence-electron chi connectivity index (χ4n) is 2.07. The van der Waals surface area contributed by atoms with E-state index >= 15 is 0 Å². The fourth-order valence-corrected chi connectivity index (χ4v) is 3.12. The van der Waals surface area contributed by atoms with Crippen LogP contribution in [0, 0.1) is 0 Å². The van der Waals surface area contributed by atoms with Crippen LogP contribution in [0.25, 0.3) is 0 Å². The first-order valence-corrected chi connectivity index (χ1v) is 7.81. The number of thiazole rings is 1. The van der Waals surface area contributed by atoms with Gasteiger partial charge in [0, 0.05) is 5.38 Å². The van der Waals surface area contributed by atoms with E-state index in [0.717, 1.165) is 13.0 Å². The highest BCUT2D eigenvalue weighted by molar-refractivity contribution is 7.09. The second kappa shape index (κ2) is 6.83. The van der Waals surface area contributed by atoms with Gasteiger partial charge in [0.2, 0.25) is 0 Å². The molecule has 2 aromatic rings. The van der Waals surface area contributed by atoms with Crippen molar-refractivity contribution < 1.29 is 0 Å². The van der Waals surface area contributed by atoms with Gasteiger partial charge in [0.1, 0.15) is 5.01 Å². The number of aromatic nitrogens is 1. The van der Waals surface area contributed by atoms with Crippen LogP contribution in [0.15, 0.2) is 35.7 Å². The first-order valence-electron chi connectivity index (χ1n) is 6.93. The summed E-state index contributed by atoms with van der Waals surface area (Å²) in [5.74, 6) is 0.504. The van der Waals surface area contributed by atoms with Gasteiger partial charge in [0.25, 0.3) is 0 Å². The van der Waals surface area contributed by atoms with Crippen molar-refractivity contribution in [3.63, 3.8) is 0 Å². The van der Waals surface area contributed by atoms with Gasteiger partial charge in [-0.25, -0.2) is 4.98 Å². The monoisotopic (exact) mass is 274 g/mol. The lowest BCUT2D eigenvalue weighted by atomic mass is 10.1. The van der Waals surface area contributed by atoms with E-state index in [1.165, 1.54) is 16.3 Å². The van der Waals surface area contributed by atoms with E-state index in [4.69, 9.17) is 4.98 Å². The van der Waals surface area contributed by atoms with Crippen molar-refractivity contribution in [3.8, 4) is 0 Å². The highest BCUT2D eigenvalue weighted by Crippen LogP contribution is 2.25. The molecule has 0 fully saturated rings. The van der Waals surface area contributed by atoms with Crippen LogP contribution in [0.2, 0.25) is 0 Å². The minimum Gasteiger partial charge on any atom is -0.308 e. The molecule has 2 nitrogen and oxygen atoms in total. The smallest absolute Gasteiger partial charge is 0.110 e. The Morgan fingerprint density at radius 2 is 1.95 bits per heavy atom. The van der Waals surface area contributed by atoms with Crippen molar-refractivity contribution in [2.75, 3.05) is 6.54 Å². The quantitative estimate of drug-likeness (QED) is 0.855. The Morgan fingerprint density at radius 3 is 2.53 bits per heavy atom. The standard InChI is InChI=1S/C16H22N2S/c1-4-17-14(10-13-8-6-5-7-9-13)16-18-15(11-19-16)12(2)3/h5-9,11-12,14,17H,4,10H2,1-3H3. The topological polar surface area (TPSA) is 24.9 Å². The van der Waals surface area contributed by atoms with Crippen molar-refractivity contribution in [1.82, 2.24) is 10.3 Å². The molecule has 0 radical (unpaired) electrons. The molecule has 0 aliphatic rings. The molecule has 0 spiro atoms. The molecule has 1 heterocycles. The Kier molecular flexibility index (Phi) is 5.11. The Balaban J connectivity index is 2.14. The van der Waals surface area contributed by atoms with Gasteiger partial charge >= 0.3 is 0 Å². The van der Waals surface area contributed by atoms with Crippen LogP contribution in [-0.2, 0) is 6.42 Å². The molecule has 1 unspecified atom stereocenters. The summed E-state index contributed by atoms with van der Waals surface area (Å²) in [6.45, 7) is 7.50. The minimum absolute atomic E-state index is 0.324. The lowest BCUT2D eigenvalue weighted by Crippen LogP contribution is -2.22. The summed E-state index contributed by atoms with van der Waals surface area (Å²) >= 11 is 1.77. The molecule has 0 saturated carbocycles. The minimum atomic E-state index is 0.324. The van der Waals surface area contributed by atoms with E-state index < -0.39 is 0 Å². The molecule has 19 heavy (non-hydrogen) atoms. The van der Waals surface area contributed by atoms with E-state index in [2.05, 4.69) is 61.8 Å². The zero-order chi connectivity index (χ0) is 13.7. The maximum atomic E-state index is 4.78. The third-order valence-electron chi connectivity index (χ3n) is 3.16. The molecule has 2 rings (SSSR count). The number of benzene rings is 1. The summed E-state index contributed by atoms with van der Waals surface area (Å²) in [7, 11) is 0. The second-order valence-corrected chi connectivity index (χ2v) is 5.95. The molecule has 0 bridgehead atoms. The van der Waals surface area contributed by atoms with Crippen LogP contribution < -0.4 is 5.32 Å². The zero-order valence-electron chi connectivity index (χ0n) is 11.9. The van der Waals surface area contributed by atoms with Gasteiger partial charge in [-0.05, 0) is 24.4 Å². The molecule has 1 atom stereocenters. The van der Waals surface area contributed by atoms with Crippen molar-refractivity contribution >= 4 is 11.3 Å². The van der Waals surface area contributed by atoms with Crippen molar-refractivity contribution in [3.05, 3.63) is 52.0 Å². The van der Waals surface area contributed by atoms with Crippen molar-refractivity contribution in [2.24, 2.45) is 0 Å². The van der Waals surface area contributed by atoms with E-state index in [9.17, 15) is 0 Å². The molecule has 1 aromatic heterocycles. The average Bonchev–Trinajstić information content (AvgIpc) is 2.89. The van der Waals surface area contributed by atoms with E-state index in [0.29, 0.717) is 12.0 Å².